The van der Waals surface area contributed by atoms with E-state index in [1.54, 1.807) is 24.5 Å². The number of nitrogens with two attached hydrogens (primary N) is 1. The van der Waals surface area contributed by atoms with E-state index < -0.39 is 11.7 Å². The molecule has 0 aliphatic heterocycles. The largest absolute Gasteiger partial charge is 0.416 e. The van der Waals surface area contributed by atoms with Crippen molar-refractivity contribution in [2.75, 3.05) is 11.1 Å². The molecule has 0 aliphatic rings. The molecule has 0 bridgehead atoms. The maximum Gasteiger partial charge on any atom is 0.416 e. The van der Waals surface area contributed by atoms with E-state index in [2.05, 4.69) is 10.3 Å². The van der Waals surface area contributed by atoms with E-state index in [1.807, 2.05) is 0 Å². The van der Waals surface area contributed by atoms with Gasteiger partial charge in [-0.25, -0.2) is 0 Å². The van der Waals surface area contributed by atoms with Gasteiger partial charge in [0.2, 0.25) is 0 Å². The molecule has 0 radical (unpaired) electrons. The van der Waals surface area contributed by atoms with Gasteiger partial charge in [0.1, 0.15) is 0 Å². The van der Waals surface area contributed by atoms with Gasteiger partial charge in [0, 0.05) is 35.9 Å². The summed E-state index contributed by atoms with van der Waals surface area (Å²) in [7, 11) is 0. The van der Waals surface area contributed by atoms with Gasteiger partial charge in [-0.15, -0.1) is 0 Å². The predicted molar refractivity (Wildman–Crippen MR) is 67.4 cm³/mol. The van der Waals surface area contributed by atoms with Crippen LogP contribution in [0.4, 0.5) is 24.5 Å². The lowest BCUT2D eigenvalue weighted by molar-refractivity contribution is -0.137. The van der Waals surface area contributed by atoms with Crippen LogP contribution in [0.1, 0.15) is 11.1 Å². The van der Waals surface area contributed by atoms with Gasteiger partial charge in [0.25, 0.3) is 0 Å². The van der Waals surface area contributed by atoms with Crippen LogP contribution in [0, 0.1) is 0 Å². The number of benzene rings is 1. The molecule has 0 amide bonds. The van der Waals surface area contributed by atoms with Gasteiger partial charge < -0.3 is 11.1 Å². The molecule has 1 heterocycles. The standard InChI is InChI=1S/C13H12F3N3/c14-13(15,16)10-2-1-3-11(6-10)19-8-9-7-18-5-4-12(9)17/h1-7,19H,8H2,(H2,17,18). The van der Waals surface area contributed by atoms with E-state index in [-0.39, 0.29) is 0 Å². The average molecular weight is 267 g/mol. The zero-order valence-electron chi connectivity index (χ0n) is 9.91. The number of anilines is 2. The first-order valence-electron chi connectivity index (χ1n) is 5.56. The van der Waals surface area contributed by atoms with Crippen molar-refractivity contribution in [3.05, 3.63) is 53.9 Å². The molecule has 100 valence electrons. The molecule has 0 saturated carbocycles. The van der Waals surface area contributed by atoms with Gasteiger partial charge >= 0.3 is 6.18 Å². The smallest absolute Gasteiger partial charge is 0.398 e. The van der Waals surface area contributed by atoms with E-state index in [1.165, 1.54) is 6.07 Å². The Morgan fingerprint density at radius 1 is 1.21 bits per heavy atom. The number of aromatic nitrogens is 1. The molecule has 0 unspecified atom stereocenters. The summed E-state index contributed by atoms with van der Waals surface area (Å²) in [5, 5.41) is 2.89. The van der Waals surface area contributed by atoms with Crippen molar-refractivity contribution in [3.63, 3.8) is 0 Å². The van der Waals surface area contributed by atoms with Crippen LogP contribution in [0.15, 0.2) is 42.7 Å². The molecule has 0 aliphatic carbocycles. The van der Waals surface area contributed by atoms with Crippen LogP contribution in [0.5, 0.6) is 0 Å². The van der Waals surface area contributed by atoms with Crippen LogP contribution in [0.25, 0.3) is 0 Å². The number of alkyl halides is 3. The Labute approximate surface area is 108 Å². The normalized spacial score (nSPS) is 11.3. The van der Waals surface area contributed by atoms with Gasteiger partial charge in [-0.05, 0) is 24.3 Å². The maximum absolute atomic E-state index is 12.5. The minimum Gasteiger partial charge on any atom is -0.398 e. The summed E-state index contributed by atoms with van der Waals surface area (Å²) >= 11 is 0. The number of hydrogen-bond donors (Lipinski definition) is 2. The van der Waals surface area contributed by atoms with Gasteiger partial charge in [0.05, 0.1) is 5.56 Å². The fraction of sp³-hybridized carbons (Fsp3) is 0.154. The lowest BCUT2D eigenvalue weighted by Crippen LogP contribution is -2.07. The Bertz CT molecular complexity index is 567. The third kappa shape index (κ3) is 3.37. The van der Waals surface area contributed by atoms with Crippen LogP contribution in [-0.2, 0) is 12.7 Å². The Kier molecular flexibility index (Phi) is 3.59. The van der Waals surface area contributed by atoms with Crippen molar-refractivity contribution in [1.29, 1.82) is 0 Å². The van der Waals surface area contributed by atoms with Crippen molar-refractivity contribution in [2.24, 2.45) is 0 Å². The van der Waals surface area contributed by atoms with Crippen LogP contribution >= 0.6 is 0 Å². The SMILES string of the molecule is Nc1ccncc1CNc1cccc(C(F)(F)F)c1. The Morgan fingerprint density at radius 3 is 2.68 bits per heavy atom. The van der Waals surface area contributed by atoms with Crippen molar-refractivity contribution in [2.45, 2.75) is 12.7 Å². The Balaban J connectivity index is 2.10. The third-order valence-corrected chi connectivity index (χ3v) is 2.61. The summed E-state index contributed by atoms with van der Waals surface area (Å²) in [6.07, 6.45) is -1.20. The summed E-state index contributed by atoms with van der Waals surface area (Å²) in [6, 6.07) is 6.67. The van der Waals surface area contributed by atoms with E-state index in [0.29, 0.717) is 17.9 Å². The molecule has 0 fully saturated rings. The summed E-state index contributed by atoms with van der Waals surface area (Å²) in [5.74, 6) is 0. The molecule has 0 atom stereocenters. The van der Waals surface area contributed by atoms with Crippen LogP contribution in [-0.4, -0.2) is 4.98 Å². The number of hydrogen-bond acceptors (Lipinski definition) is 3. The fourth-order valence-corrected chi connectivity index (χ4v) is 1.59. The number of rotatable bonds is 3. The number of halogens is 3. The highest BCUT2D eigenvalue weighted by Crippen LogP contribution is 2.30. The molecular weight excluding hydrogens is 255 g/mol. The number of nitrogen functional groups attached to an aromatic ring is 1. The molecule has 2 rings (SSSR count). The third-order valence-electron chi connectivity index (χ3n) is 2.61. The van der Waals surface area contributed by atoms with Crippen LogP contribution < -0.4 is 11.1 Å². The highest BCUT2D eigenvalue weighted by molar-refractivity contribution is 5.50. The monoisotopic (exact) mass is 267 g/mol. The van der Waals surface area contributed by atoms with Crippen molar-refractivity contribution < 1.29 is 13.2 Å². The lowest BCUT2D eigenvalue weighted by Gasteiger charge is -2.11. The summed E-state index contributed by atoms with van der Waals surface area (Å²) in [4.78, 5) is 3.91. The lowest BCUT2D eigenvalue weighted by atomic mass is 10.2. The van der Waals surface area contributed by atoms with Gasteiger partial charge in [-0.1, -0.05) is 6.07 Å². The van der Waals surface area contributed by atoms with Crippen LogP contribution in [0.2, 0.25) is 0 Å². The minimum absolute atomic E-state index is 0.320. The van der Waals surface area contributed by atoms with Gasteiger partial charge in [-0.3, -0.25) is 4.98 Å². The molecule has 3 N–H and O–H groups in total. The first-order chi connectivity index (χ1) is 8.97. The van der Waals surface area contributed by atoms with E-state index in [0.717, 1.165) is 17.7 Å². The molecular formula is C13H12F3N3. The molecule has 2 aromatic rings. The molecule has 3 nitrogen and oxygen atoms in total. The highest BCUT2D eigenvalue weighted by Gasteiger charge is 2.30. The van der Waals surface area contributed by atoms with Gasteiger partial charge in [-0.2, -0.15) is 13.2 Å². The van der Waals surface area contributed by atoms with Crippen LogP contribution in [0.3, 0.4) is 0 Å². The summed E-state index contributed by atoms with van der Waals surface area (Å²) < 4.78 is 37.6. The topological polar surface area (TPSA) is 50.9 Å². The summed E-state index contributed by atoms with van der Waals surface area (Å²) in [5.41, 5.74) is 6.71. The number of nitrogens with one attached hydrogen (secondary N) is 1. The van der Waals surface area contributed by atoms with E-state index in [4.69, 9.17) is 5.73 Å². The average Bonchev–Trinajstić information content (AvgIpc) is 2.37. The quantitative estimate of drug-likeness (QED) is 0.897. The van der Waals surface area contributed by atoms with Crippen molar-refractivity contribution >= 4 is 11.4 Å². The van der Waals surface area contributed by atoms with E-state index >= 15 is 0 Å². The van der Waals surface area contributed by atoms with Crippen molar-refractivity contribution in [1.82, 2.24) is 4.98 Å². The molecule has 0 saturated heterocycles. The van der Waals surface area contributed by atoms with E-state index in [9.17, 15) is 13.2 Å². The second-order valence-corrected chi connectivity index (χ2v) is 4.01. The molecule has 1 aromatic carbocycles. The number of nitrogens with zero attached hydrogens (tertiary/aromatic N) is 1. The highest BCUT2D eigenvalue weighted by atomic mass is 19.4. The molecule has 1 aromatic heterocycles. The zero-order valence-corrected chi connectivity index (χ0v) is 9.91. The second kappa shape index (κ2) is 5.17. The first-order valence-corrected chi connectivity index (χ1v) is 5.56. The predicted octanol–water partition coefficient (Wildman–Crippen LogP) is 3.29. The minimum atomic E-state index is -4.34. The molecule has 6 heteroatoms. The Morgan fingerprint density at radius 2 is 2.00 bits per heavy atom. The maximum atomic E-state index is 12.5. The molecule has 0 spiro atoms. The Hall–Kier alpha value is -2.24. The first kappa shape index (κ1) is 13.2. The summed E-state index contributed by atoms with van der Waals surface area (Å²) in [6.45, 7) is 0.320. The zero-order chi connectivity index (χ0) is 13.9. The fourth-order valence-electron chi connectivity index (χ4n) is 1.59. The second-order valence-electron chi connectivity index (χ2n) is 4.01. The van der Waals surface area contributed by atoms with Crippen molar-refractivity contribution in [3.8, 4) is 0 Å². The molecule has 19 heavy (non-hydrogen) atoms. The number of pyridine rings is 1. The van der Waals surface area contributed by atoms with Gasteiger partial charge in [0.15, 0.2) is 0 Å².